The van der Waals surface area contributed by atoms with Crippen LogP contribution in [0.1, 0.15) is 36.0 Å². The molecule has 0 saturated heterocycles. The first-order valence-corrected chi connectivity index (χ1v) is 10.3. The van der Waals surface area contributed by atoms with Crippen LogP contribution in [0, 0.1) is 0 Å². The second-order valence-corrected chi connectivity index (χ2v) is 8.84. The molecular weight excluding hydrogens is 372 g/mol. The van der Waals surface area contributed by atoms with Gasteiger partial charge in [0.25, 0.3) is 15.9 Å². The van der Waals surface area contributed by atoms with Crippen molar-refractivity contribution in [3.63, 3.8) is 0 Å². The molecular formula is C19H21ClN2O3S. The van der Waals surface area contributed by atoms with Crippen molar-refractivity contribution in [2.75, 3.05) is 11.4 Å². The fourth-order valence-electron chi connectivity index (χ4n) is 3.11. The fraction of sp³-hybridized carbons (Fsp3) is 0.316. The predicted octanol–water partition coefficient (Wildman–Crippen LogP) is 3.84. The number of carbonyl (C=O) groups excluding carboxylic acids is 1. The average molecular weight is 393 g/mol. The van der Waals surface area contributed by atoms with Crippen molar-refractivity contribution in [3.8, 4) is 0 Å². The van der Waals surface area contributed by atoms with Crippen molar-refractivity contribution in [1.29, 1.82) is 0 Å². The van der Waals surface area contributed by atoms with E-state index in [9.17, 15) is 13.2 Å². The highest BCUT2D eigenvalue weighted by Gasteiger charge is 2.23. The molecule has 0 spiro atoms. The lowest BCUT2D eigenvalue weighted by Gasteiger charge is -2.20. The van der Waals surface area contributed by atoms with Crippen LogP contribution >= 0.6 is 11.6 Å². The molecule has 2 aromatic carbocycles. The van der Waals surface area contributed by atoms with Gasteiger partial charge in [-0.2, -0.15) is 0 Å². The van der Waals surface area contributed by atoms with Crippen LogP contribution in [0.15, 0.2) is 53.4 Å². The van der Waals surface area contributed by atoms with Crippen LogP contribution in [-0.4, -0.2) is 27.4 Å². The third-order valence-corrected chi connectivity index (χ3v) is 6.63. The number of rotatable bonds is 5. The van der Waals surface area contributed by atoms with Crippen LogP contribution in [0.5, 0.6) is 0 Å². The number of benzene rings is 2. The molecule has 0 radical (unpaired) electrons. The minimum atomic E-state index is -3.80. The molecule has 1 fully saturated rings. The van der Waals surface area contributed by atoms with E-state index in [0.29, 0.717) is 16.3 Å². The van der Waals surface area contributed by atoms with Crippen molar-refractivity contribution in [1.82, 2.24) is 5.32 Å². The van der Waals surface area contributed by atoms with Gasteiger partial charge in [0.15, 0.2) is 0 Å². The number of nitrogens with one attached hydrogen (secondary N) is 1. The SMILES string of the molecule is CN(c1cccc(Cl)c1)S(=O)(=O)c1cccc(C(=O)NC2CCCC2)c1. The first-order chi connectivity index (χ1) is 12.4. The Bertz CT molecular complexity index is 909. The molecule has 0 bridgehead atoms. The molecule has 5 nitrogen and oxygen atoms in total. The van der Waals surface area contributed by atoms with E-state index in [1.54, 1.807) is 36.4 Å². The van der Waals surface area contributed by atoms with Gasteiger partial charge in [-0.3, -0.25) is 9.10 Å². The summed E-state index contributed by atoms with van der Waals surface area (Å²) in [5.74, 6) is -0.237. The minimum Gasteiger partial charge on any atom is -0.349 e. The smallest absolute Gasteiger partial charge is 0.264 e. The van der Waals surface area contributed by atoms with E-state index in [2.05, 4.69) is 5.32 Å². The highest BCUT2D eigenvalue weighted by atomic mass is 35.5. The molecule has 1 amide bonds. The third kappa shape index (κ3) is 4.02. The molecule has 3 rings (SSSR count). The lowest BCUT2D eigenvalue weighted by Crippen LogP contribution is -2.33. The Hall–Kier alpha value is -2.05. The Kier molecular flexibility index (Phi) is 5.53. The lowest BCUT2D eigenvalue weighted by molar-refractivity contribution is 0.0937. The number of nitrogens with zero attached hydrogens (tertiary/aromatic N) is 1. The summed E-state index contributed by atoms with van der Waals surface area (Å²) in [6.45, 7) is 0. The van der Waals surface area contributed by atoms with Gasteiger partial charge in [0.05, 0.1) is 10.6 Å². The number of anilines is 1. The Morgan fingerprint density at radius 2 is 1.81 bits per heavy atom. The summed E-state index contributed by atoms with van der Waals surface area (Å²) in [7, 11) is -2.33. The van der Waals surface area contributed by atoms with Gasteiger partial charge in [0.1, 0.15) is 0 Å². The second kappa shape index (κ2) is 7.68. The highest BCUT2D eigenvalue weighted by Crippen LogP contribution is 2.25. The van der Waals surface area contributed by atoms with Crippen molar-refractivity contribution in [2.24, 2.45) is 0 Å². The standard InChI is InChI=1S/C19H21ClN2O3S/c1-22(17-10-5-7-15(20)13-17)26(24,25)18-11-4-6-14(12-18)19(23)21-16-8-2-3-9-16/h4-7,10-13,16H,2-3,8-9H2,1H3,(H,21,23). The zero-order chi connectivity index (χ0) is 18.7. The van der Waals surface area contributed by atoms with Crippen molar-refractivity contribution >= 4 is 33.2 Å². The van der Waals surface area contributed by atoms with Crippen molar-refractivity contribution in [3.05, 3.63) is 59.1 Å². The normalized spacial score (nSPS) is 15.0. The summed E-state index contributed by atoms with van der Waals surface area (Å²) in [5.41, 5.74) is 0.802. The fourth-order valence-corrected chi connectivity index (χ4v) is 4.52. The van der Waals surface area contributed by atoms with E-state index in [-0.39, 0.29) is 16.8 Å². The zero-order valence-corrected chi connectivity index (χ0v) is 16.1. The molecule has 0 aliphatic heterocycles. The van der Waals surface area contributed by atoms with Gasteiger partial charge < -0.3 is 5.32 Å². The number of hydrogen-bond acceptors (Lipinski definition) is 3. The monoisotopic (exact) mass is 392 g/mol. The molecule has 0 aromatic heterocycles. The number of hydrogen-bond donors (Lipinski definition) is 1. The van der Waals surface area contributed by atoms with Crippen LogP contribution in [0.2, 0.25) is 5.02 Å². The molecule has 1 N–H and O–H groups in total. The Morgan fingerprint density at radius 3 is 2.50 bits per heavy atom. The Balaban J connectivity index is 1.84. The molecule has 26 heavy (non-hydrogen) atoms. The van der Waals surface area contributed by atoms with Gasteiger partial charge in [-0.05, 0) is 49.2 Å². The maximum Gasteiger partial charge on any atom is 0.264 e. The molecule has 7 heteroatoms. The quantitative estimate of drug-likeness (QED) is 0.840. The second-order valence-electron chi connectivity index (χ2n) is 6.44. The molecule has 0 atom stereocenters. The summed E-state index contributed by atoms with van der Waals surface area (Å²) in [4.78, 5) is 12.5. The van der Waals surface area contributed by atoms with Crippen LogP contribution in [0.25, 0.3) is 0 Å². The Labute approximate surface area is 159 Å². The van der Waals surface area contributed by atoms with Crippen LogP contribution < -0.4 is 9.62 Å². The first kappa shape index (κ1) is 18.7. The Morgan fingerprint density at radius 1 is 1.12 bits per heavy atom. The number of amides is 1. The van der Waals surface area contributed by atoms with Gasteiger partial charge in [0.2, 0.25) is 0 Å². The van der Waals surface area contributed by atoms with E-state index in [0.717, 1.165) is 30.0 Å². The summed E-state index contributed by atoms with van der Waals surface area (Å²) < 4.78 is 27.0. The topological polar surface area (TPSA) is 66.5 Å². The minimum absolute atomic E-state index is 0.0686. The molecule has 1 aliphatic carbocycles. The molecule has 2 aromatic rings. The van der Waals surface area contributed by atoms with E-state index in [1.807, 2.05) is 0 Å². The summed E-state index contributed by atoms with van der Waals surface area (Å²) in [6, 6.07) is 12.9. The number of sulfonamides is 1. The third-order valence-electron chi connectivity index (χ3n) is 4.62. The molecule has 1 saturated carbocycles. The van der Waals surface area contributed by atoms with Crippen LogP contribution in [0.3, 0.4) is 0 Å². The van der Waals surface area contributed by atoms with Gasteiger partial charge in [-0.15, -0.1) is 0 Å². The van der Waals surface area contributed by atoms with Gasteiger partial charge in [-0.1, -0.05) is 36.6 Å². The predicted molar refractivity (Wildman–Crippen MR) is 103 cm³/mol. The van der Waals surface area contributed by atoms with E-state index < -0.39 is 10.0 Å². The van der Waals surface area contributed by atoms with E-state index in [4.69, 9.17) is 11.6 Å². The largest absolute Gasteiger partial charge is 0.349 e. The van der Waals surface area contributed by atoms with Crippen LogP contribution in [-0.2, 0) is 10.0 Å². The van der Waals surface area contributed by atoms with Gasteiger partial charge in [-0.25, -0.2) is 8.42 Å². The summed E-state index contributed by atoms with van der Waals surface area (Å²) in [6.07, 6.45) is 4.18. The number of halogens is 1. The highest BCUT2D eigenvalue weighted by molar-refractivity contribution is 7.92. The van der Waals surface area contributed by atoms with Crippen molar-refractivity contribution in [2.45, 2.75) is 36.6 Å². The molecule has 0 unspecified atom stereocenters. The van der Waals surface area contributed by atoms with Crippen molar-refractivity contribution < 1.29 is 13.2 Å². The molecule has 0 heterocycles. The summed E-state index contributed by atoms with van der Waals surface area (Å²) >= 11 is 5.96. The van der Waals surface area contributed by atoms with E-state index >= 15 is 0 Å². The zero-order valence-electron chi connectivity index (χ0n) is 14.5. The van der Waals surface area contributed by atoms with Crippen LogP contribution in [0.4, 0.5) is 5.69 Å². The number of carbonyl (C=O) groups is 1. The van der Waals surface area contributed by atoms with Gasteiger partial charge in [0, 0.05) is 23.7 Å². The van der Waals surface area contributed by atoms with E-state index in [1.165, 1.54) is 19.2 Å². The summed E-state index contributed by atoms with van der Waals surface area (Å²) in [5, 5.41) is 3.43. The average Bonchev–Trinajstić information content (AvgIpc) is 3.14. The van der Waals surface area contributed by atoms with Gasteiger partial charge >= 0.3 is 0 Å². The maximum atomic E-state index is 12.9. The maximum absolute atomic E-state index is 12.9. The molecule has 1 aliphatic rings. The molecule has 138 valence electrons. The first-order valence-electron chi connectivity index (χ1n) is 8.53. The lowest BCUT2D eigenvalue weighted by atomic mass is 10.2.